The zero-order chi connectivity index (χ0) is 12.3. The lowest BCUT2D eigenvalue weighted by Gasteiger charge is -2.14. The Morgan fingerprint density at radius 1 is 1.47 bits per heavy atom. The minimum Gasteiger partial charge on any atom is -0.493 e. The Labute approximate surface area is 102 Å². The van der Waals surface area contributed by atoms with E-state index in [1.54, 1.807) is 6.07 Å². The van der Waals surface area contributed by atoms with Crippen molar-refractivity contribution in [2.24, 2.45) is 11.7 Å². The van der Waals surface area contributed by atoms with Crippen LogP contribution in [0.4, 0.5) is 4.39 Å². The van der Waals surface area contributed by atoms with Crippen molar-refractivity contribution in [3.05, 3.63) is 29.6 Å². The highest BCUT2D eigenvalue weighted by atomic mass is 19.1. The quantitative estimate of drug-likeness (QED) is 0.825. The Morgan fingerprint density at radius 2 is 2.24 bits per heavy atom. The summed E-state index contributed by atoms with van der Waals surface area (Å²) in [4.78, 5) is 0. The molecule has 1 fully saturated rings. The summed E-state index contributed by atoms with van der Waals surface area (Å²) in [7, 11) is 0. The topological polar surface area (TPSA) is 35.2 Å². The van der Waals surface area contributed by atoms with Gasteiger partial charge in [0, 0.05) is 12.1 Å². The molecule has 1 aromatic rings. The van der Waals surface area contributed by atoms with E-state index in [9.17, 15) is 4.39 Å². The molecule has 1 atom stereocenters. The Morgan fingerprint density at radius 3 is 2.88 bits per heavy atom. The molecule has 2 nitrogen and oxygen atoms in total. The van der Waals surface area contributed by atoms with E-state index in [2.05, 4.69) is 6.92 Å². The molecule has 1 aromatic carbocycles. The molecular formula is C14H20FNO. The van der Waals surface area contributed by atoms with Crippen molar-refractivity contribution in [3.8, 4) is 5.75 Å². The molecular weight excluding hydrogens is 217 g/mol. The third kappa shape index (κ3) is 3.70. The van der Waals surface area contributed by atoms with Gasteiger partial charge in [-0.05, 0) is 43.2 Å². The van der Waals surface area contributed by atoms with E-state index in [1.165, 1.54) is 25.0 Å². The maximum Gasteiger partial charge on any atom is 0.126 e. The fourth-order valence-electron chi connectivity index (χ4n) is 1.75. The molecule has 1 aliphatic carbocycles. The van der Waals surface area contributed by atoms with Crippen LogP contribution in [-0.2, 0) is 6.42 Å². The molecule has 0 saturated heterocycles. The molecule has 2 N–H and O–H groups in total. The minimum absolute atomic E-state index is 0.115. The van der Waals surface area contributed by atoms with E-state index >= 15 is 0 Å². The summed E-state index contributed by atoms with van der Waals surface area (Å²) >= 11 is 0. The summed E-state index contributed by atoms with van der Waals surface area (Å²) in [5.41, 5.74) is 6.95. The second-order valence-corrected chi connectivity index (χ2v) is 4.88. The van der Waals surface area contributed by atoms with E-state index in [0.29, 0.717) is 18.3 Å². The molecule has 1 saturated carbocycles. The Balaban J connectivity index is 2.05. The highest BCUT2D eigenvalue weighted by Gasteiger charge is 2.22. The first kappa shape index (κ1) is 12.4. The molecule has 0 bridgehead atoms. The van der Waals surface area contributed by atoms with Gasteiger partial charge in [0.05, 0.1) is 6.61 Å². The van der Waals surface area contributed by atoms with Crippen molar-refractivity contribution < 1.29 is 9.13 Å². The van der Waals surface area contributed by atoms with Crippen molar-refractivity contribution in [1.29, 1.82) is 0 Å². The van der Waals surface area contributed by atoms with Crippen molar-refractivity contribution in [1.82, 2.24) is 0 Å². The Bertz CT molecular complexity index is 376. The zero-order valence-corrected chi connectivity index (χ0v) is 10.3. The lowest BCUT2D eigenvalue weighted by molar-refractivity contribution is 0.294. The summed E-state index contributed by atoms with van der Waals surface area (Å²) in [6.07, 6.45) is 4.13. The van der Waals surface area contributed by atoms with Gasteiger partial charge < -0.3 is 10.5 Å². The third-order valence-electron chi connectivity index (χ3n) is 3.21. The molecule has 94 valence electrons. The van der Waals surface area contributed by atoms with Crippen LogP contribution in [0.1, 0.15) is 31.7 Å². The molecule has 1 aliphatic rings. The maximum atomic E-state index is 13.2. The largest absolute Gasteiger partial charge is 0.493 e. The van der Waals surface area contributed by atoms with Crippen LogP contribution in [0.5, 0.6) is 5.75 Å². The molecule has 3 heteroatoms. The second-order valence-electron chi connectivity index (χ2n) is 4.88. The number of hydrogen-bond donors (Lipinski definition) is 1. The van der Waals surface area contributed by atoms with Gasteiger partial charge in [-0.1, -0.05) is 13.0 Å². The van der Waals surface area contributed by atoms with Gasteiger partial charge >= 0.3 is 0 Å². The number of halogens is 1. The van der Waals surface area contributed by atoms with E-state index in [-0.39, 0.29) is 11.9 Å². The zero-order valence-electron chi connectivity index (χ0n) is 10.3. The van der Waals surface area contributed by atoms with Crippen LogP contribution < -0.4 is 10.5 Å². The van der Waals surface area contributed by atoms with Crippen molar-refractivity contribution in [2.45, 2.75) is 38.6 Å². The van der Waals surface area contributed by atoms with Gasteiger partial charge in [0.2, 0.25) is 0 Å². The normalized spacial score (nSPS) is 16.9. The summed E-state index contributed by atoms with van der Waals surface area (Å²) in [5, 5.41) is 0. The van der Waals surface area contributed by atoms with Crippen LogP contribution >= 0.6 is 0 Å². The van der Waals surface area contributed by atoms with Crippen molar-refractivity contribution in [3.63, 3.8) is 0 Å². The molecule has 2 rings (SSSR count). The Kier molecular flexibility index (Phi) is 4.00. The van der Waals surface area contributed by atoms with Crippen molar-refractivity contribution in [2.75, 3.05) is 6.61 Å². The fourth-order valence-corrected chi connectivity index (χ4v) is 1.75. The average molecular weight is 237 g/mol. The second kappa shape index (κ2) is 5.50. The molecule has 0 radical (unpaired) electrons. The highest BCUT2D eigenvalue weighted by Crippen LogP contribution is 2.31. The van der Waals surface area contributed by atoms with Gasteiger partial charge in [0.15, 0.2) is 0 Å². The first-order valence-corrected chi connectivity index (χ1v) is 6.36. The summed E-state index contributed by atoms with van der Waals surface area (Å²) < 4.78 is 18.9. The van der Waals surface area contributed by atoms with Gasteiger partial charge in [-0.25, -0.2) is 4.39 Å². The number of benzene rings is 1. The monoisotopic (exact) mass is 237 g/mol. The average Bonchev–Trinajstić information content (AvgIpc) is 3.13. The smallest absolute Gasteiger partial charge is 0.126 e. The van der Waals surface area contributed by atoms with Gasteiger partial charge in [0.25, 0.3) is 0 Å². The molecule has 1 unspecified atom stereocenters. The number of rotatable bonds is 6. The molecule has 0 heterocycles. The van der Waals surface area contributed by atoms with E-state index in [4.69, 9.17) is 10.5 Å². The standard InChI is InChI=1S/C14H20FNO/c1-2-13(16)7-11-5-6-12(15)8-14(11)17-9-10-3-4-10/h5-6,8,10,13H,2-4,7,9,16H2,1H3. The molecule has 17 heavy (non-hydrogen) atoms. The summed E-state index contributed by atoms with van der Waals surface area (Å²) in [5.74, 6) is 1.09. The molecule has 0 spiro atoms. The first-order chi connectivity index (χ1) is 8.19. The highest BCUT2D eigenvalue weighted by molar-refractivity contribution is 5.34. The van der Waals surface area contributed by atoms with Crippen LogP contribution in [0.3, 0.4) is 0 Å². The SMILES string of the molecule is CCC(N)Cc1ccc(F)cc1OCC1CC1. The third-order valence-corrected chi connectivity index (χ3v) is 3.21. The summed E-state index contributed by atoms with van der Waals surface area (Å²) in [6, 6.07) is 4.85. The summed E-state index contributed by atoms with van der Waals surface area (Å²) in [6.45, 7) is 2.76. The predicted octanol–water partition coefficient (Wildman–Crippen LogP) is 2.89. The number of hydrogen-bond acceptors (Lipinski definition) is 2. The van der Waals surface area contributed by atoms with Crippen LogP contribution in [0.2, 0.25) is 0 Å². The van der Waals surface area contributed by atoms with Crippen LogP contribution in [0, 0.1) is 11.7 Å². The Hall–Kier alpha value is -1.09. The fraction of sp³-hybridized carbons (Fsp3) is 0.571. The van der Waals surface area contributed by atoms with Gasteiger partial charge in [-0.15, -0.1) is 0 Å². The number of nitrogens with two attached hydrogens (primary N) is 1. The van der Waals surface area contributed by atoms with Crippen LogP contribution in [0.15, 0.2) is 18.2 Å². The molecule has 0 aliphatic heterocycles. The first-order valence-electron chi connectivity index (χ1n) is 6.36. The van der Waals surface area contributed by atoms with Gasteiger partial charge in [-0.3, -0.25) is 0 Å². The van der Waals surface area contributed by atoms with Crippen LogP contribution in [0.25, 0.3) is 0 Å². The van der Waals surface area contributed by atoms with E-state index in [1.807, 2.05) is 0 Å². The molecule has 0 amide bonds. The minimum atomic E-state index is -0.246. The van der Waals surface area contributed by atoms with E-state index < -0.39 is 0 Å². The maximum absolute atomic E-state index is 13.2. The van der Waals surface area contributed by atoms with Gasteiger partial charge in [0.1, 0.15) is 11.6 Å². The van der Waals surface area contributed by atoms with E-state index in [0.717, 1.165) is 18.4 Å². The number of ether oxygens (including phenoxy) is 1. The predicted molar refractivity (Wildman–Crippen MR) is 66.6 cm³/mol. The van der Waals surface area contributed by atoms with Crippen molar-refractivity contribution >= 4 is 0 Å². The van der Waals surface area contributed by atoms with Gasteiger partial charge in [-0.2, -0.15) is 0 Å². The molecule has 0 aromatic heterocycles. The lowest BCUT2D eigenvalue weighted by Crippen LogP contribution is -2.21. The lowest BCUT2D eigenvalue weighted by atomic mass is 10.0. The van der Waals surface area contributed by atoms with Crippen LogP contribution in [-0.4, -0.2) is 12.6 Å².